The molecule has 0 N–H and O–H groups in total. The minimum absolute atomic E-state index is 0.00270. The number of ether oxygens (including phenoxy) is 3. The zero-order valence-corrected chi connectivity index (χ0v) is 19.6. The van der Waals surface area contributed by atoms with Crippen molar-refractivity contribution in [2.75, 3.05) is 40.5 Å². The van der Waals surface area contributed by atoms with Crippen LogP contribution in [0.1, 0.15) is 68.1 Å². The van der Waals surface area contributed by atoms with Crippen molar-refractivity contribution in [3.63, 3.8) is 0 Å². The van der Waals surface area contributed by atoms with Crippen molar-refractivity contribution in [2.45, 2.75) is 75.5 Å². The molecule has 2 aliphatic heterocycles. The van der Waals surface area contributed by atoms with Gasteiger partial charge in [0, 0.05) is 43.9 Å². The highest BCUT2D eigenvalue weighted by molar-refractivity contribution is 5.96. The van der Waals surface area contributed by atoms with Crippen LogP contribution in [0.5, 0.6) is 11.8 Å². The minimum atomic E-state index is -0.00270. The Balaban J connectivity index is 1.21. The number of aromatic nitrogens is 1. The molecular weight excluding hydrogens is 406 g/mol. The molecule has 2 saturated carbocycles. The van der Waals surface area contributed by atoms with Gasteiger partial charge in [-0.1, -0.05) is 19.3 Å². The summed E-state index contributed by atoms with van der Waals surface area (Å²) >= 11 is 0. The molecule has 4 fully saturated rings. The first kappa shape index (κ1) is 22.0. The molecule has 2 saturated heterocycles. The summed E-state index contributed by atoms with van der Waals surface area (Å²) in [4.78, 5) is 22.2. The highest BCUT2D eigenvalue weighted by Crippen LogP contribution is 2.48. The van der Waals surface area contributed by atoms with Gasteiger partial charge in [-0.2, -0.15) is 4.98 Å². The normalized spacial score (nSPS) is 26.1. The van der Waals surface area contributed by atoms with Gasteiger partial charge in [-0.25, -0.2) is 0 Å². The van der Waals surface area contributed by atoms with Gasteiger partial charge in [0.1, 0.15) is 5.56 Å². The van der Waals surface area contributed by atoms with Gasteiger partial charge in [0.05, 0.1) is 20.3 Å². The molecule has 32 heavy (non-hydrogen) atoms. The van der Waals surface area contributed by atoms with Crippen LogP contribution in [0.2, 0.25) is 0 Å². The van der Waals surface area contributed by atoms with Crippen LogP contribution in [-0.2, 0) is 4.74 Å². The van der Waals surface area contributed by atoms with Gasteiger partial charge in [-0.15, -0.1) is 0 Å². The Kier molecular flexibility index (Phi) is 6.30. The molecule has 1 spiro atoms. The molecular formula is C25H37N3O4. The molecule has 176 valence electrons. The van der Waals surface area contributed by atoms with Crippen molar-refractivity contribution in [3.8, 4) is 11.8 Å². The van der Waals surface area contributed by atoms with E-state index >= 15 is 0 Å². The van der Waals surface area contributed by atoms with Gasteiger partial charge in [0.25, 0.3) is 5.91 Å². The molecule has 7 nitrogen and oxygen atoms in total. The SMILES string of the molecule is COc1ccc(C(=O)N2CCC(N3CC(OCC4CC4)C34CCCCC4)CC2)c(OC)n1. The van der Waals surface area contributed by atoms with Crippen LogP contribution in [0, 0.1) is 5.92 Å². The van der Waals surface area contributed by atoms with Crippen molar-refractivity contribution < 1.29 is 19.0 Å². The molecule has 7 heteroatoms. The largest absolute Gasteiger partial charge is 0.481 e. The first-order valence-corrected chi connectivity index (χ1v) is 12.4. The Hall–Kier alpha value is -1.86. The summed E-state index contributed by atoms with van der Waals surface area (Å²) < 4.78 is 17.0. The molecule has 1 unspecified atom stereocenters. The maximum Gasteiger partial charge on any atom is 0.259 e. The van der Waals surface area contributed by atoms with E-state index in [9.17, 15) is 4.79 Å². The molecule has 1 aromatic heterocycles. The fourth-order valence-electron chi connectivity index (χ4n) is 6.04. The number of methoxy groups -OCH3 is 2. The lowest BCUT2D eigenvalue weighted by Gasteiger charge is -2.63. The number of amides is 1. The van der Waals surface area contributed by atoms with E-state index in [0.29, 0.717) is 29.5 Å². The number of hydrogen-bond donors (Lipinski definition) is 0. The highest BCUT2D eigenvalue weighted by Gasteiger charge is 2.56. The first-order chi connectivity index (χ1) is 15.6. The number of nitrogens with zero attached hydrogens (tertiary/aromatic N) is 3. The van der Waals surface area contributed by atoms with Gasteiger partial charge < -0.3 is 19.1 Å². The molecule has 0 radical (unpaired) electrons. The smallest absolute Gasteiger partial charge is 0.259 e. The third-order valence-electron chi connectivity index (χ3n) is 8.14. The van der Waals surface area contributed by atoms with E-state index in [4.69, 9.17) is 14.2 Å². The standard InChI is InChI=1S/C25H37N3O4/c1-30-22-9-8-20(23(26-22)31-2)24(29)27-14-10-19(11-15-27)28-16-21(32-17-18-6-7-18)25(28)12-4-3-5-13-25/h8-9,18-19,21H,3-7,10-17H2,1-2H3. The average Bonchev–Trinajstić information content (AvgIpc) is 3.68. The van der Waals surface area contributed by atoms with E-state index in [2.05, 4.69) is 9.88 Å². The van der Waals surface area contributed by atoms with Crippen LogP contribution in [0.15, 0.2) is 12.1 Å². The summed E-state index contributed by atoms with van der Waals surface area (Å²) in [5.74, 6) is 1.60. The quantitative estimate of drug-likeness (QED) is 0.643. The Morgan fingerprint density at radius 2 is 1.81 bits per heavy atom. The Morgan fingerprint density at radius 3 is 2.47 bits per heavy atom. The number of carbonyl (C=O) groups excluding carboxylic acids is 1. The number of likely N-dealkylation sites (tertiary alicyclic amines) is 2. The second-order valence-corrected chi connectivity index (χ2v) is 10.0. The van der Waals surface area contributed by atoms with Gasteiger partial charge >= 0.3 is 0 Å². The van der Waals surface area contributed by atoms with E-state index in [1.54, 1.807) is 26.4 Å². The molecule has 1 aromatic rings. The van der Waals surface area contributed by atoms with Crippen LogP contribution in [-0.4, -0.2) is 78.8 Å². The van der Waals surface area contributed by atoms with E-state index < -0.39 is 0 Å². The van der Waals surface area contributed by atoms with Crippen LogP contribution >= 0.6 is 0 Å². The number of hydrogen-bond acceptors (Lipinski definition) is 6. The fraction of sp³-hybridized carbons (Fsp3) is 0.760. The van der Waals surface area contributed by atoms with E-state index in [-0.39, 0.29) is 11.4 Å². The fourth-order valence-corrected chi connectivity index (χ4v) is 6.04. The van der Waals surface area contributed by atoms with Crippen LogP contribution in [0.25, 0.3) is 0 Å². The topological polar surface area (TPSA) is 64.1 Å². The maximum atomic E-state index is 13.2. The molecule has 1 amide bonds. The number of carbonyl (C=O) groups is 1. The van der Waals surface area contributed by atoms with Crippen molar-refractivity contribution in [1.29, 1.82) is 0 Å². The van der Waals surface area contributed by atoms with Crippen molar-refractivity contribution in [1.82, 2.24) is 14.8 Å². The monoisotopic (exact) mass is 443 g/mol. The average molecular weight is 444 g/mol. The number of pyridine rings is 1. The van der Waals surface area contributed by atoms with Crippen molar-refractivity contribution in [3.05, 3.63) is 17.7 Å². The van der Waals surface area contributed by atoms with E-state index in [1.165, 1.54) is 44.9 Å². The van der Waals surface area contributed by atoms with Crippen molar-refractivity contribution in [2.24, 2.45) is 5.92 Å². The summed E-state index contributed by atoms with van der Waals surface area (Å²) in [6.07, 6.45) is 11.7. The lowest BCUT2D eigenvalue weighted by atomic mass is 9.69. The van der Waals surface area contributed by atoms with Crippen LogP contribution in [0.4, 0.5) is 0 Å². The van der Waals surface area contributed by atoms with Gasteiger partial charge in [0.2, 0.25) is 11.8 Å². The third kappa shape index (κ3) is 4.10. The summed E-state index contributed by atoms with van der Waals surface area (Å²) in [6, 6.07) is 4.03. The third-order valence-corrected chi connectivity index (χ3v) is 8.14. The first-order valence-electron chi connectivity index (χ1n) is 12.4. The Labute approximate surface area is 191 Å². The molecule has 2 aliphatic carbocycles. The second kappa shape index (κ2) is 9.18. The van der Waals surface area contributed by atoms with E-state index in [1.807, 2.05) is 4.90 Å². The minimum Gasteiger partial charge on any atom is -0.481 e. The molecule has 5 rings (SSSR count). The predicted octanol–water partition coefficient (Wildman–Crippen LogP) is 3.52. The Bertz CT molecular complexity index is 813. The van der Waals surface area contributed by atoms with E-state index in [0.717, 1.165) is 45.0 Å². The molecule has 0 bridgehead atoms. The lowest BCUT2D eigenvalue weighted by Crippen LogP contribution is -2.75. The predicted molar refractivity (Wildman–Crippen MR) is 121 cm³/mol. The van der Waals surface area contributed by atoms with Crippen LogP contribution in [0.3, 0.4) is 0 Å². The van der Waals surface area contributed by atoms with Gasteiger partial charge in [-0.05, 0) is 50.5 Å². The van der Waals surface area contributed by atoms with Gasteiger partial charge in [-0.3, -0.25) is 9.69 Å². The number of rotatable bonds is 7. The summed E-state index contributed by atoms with van der Waals surface area (Å²) in [7, 11) is 3.10. The van der Waals surface area contributed by atoms with Crippen LogP contribution < -0.4 is 9.47 Å². The lowest BCUT2D eigenvalue weighted by molar-refractivity contribution is -0.202. The highest BCUT2D eigenvalue weighted by atomic mass is 16.5. The molecule has 1 atom stereocenters. The zero-order valence-electron chi connectivity index (χ0n) is 19.6. The van der Waals surface area contributed by atoms with Gasteiger partial charge in [0.15, 0.2) is 0 Å². The molecule has 4 aliphatic rings. The second-order valence-electron chi connectivity index (χ2n) is 10.0. The summed E-state index contributed by atoms with van der Waals surface area (Å²) in [6.45, 7) is 3.59. The maximum absolute atomic E-state index is 13.2. The molecule has 0 aromatic carbocycles. The summed E-state index contributed by atoms with van der Waals surface area (Å²) in [5, 5.41) is 0. The Morgan fingerprint density at radius 1 is 1.06 bits per heavy atom. The van der Waals surface area contributed by atoms with Crippen molar-refractivity contribution >= 4 is 5.91 Å². The molecule has 3 heterocycles. The zero-order chi connectivity index (χ0) is 22.1. The summed E-state index contributed by atoms with van der Waals surface area (Å²) in [5.41, 5.74) is 0.764. The number of piperidine rings is 1.